The Hall–Kier alpha value is -3.61. The van der Waals surface area contributed by atoms with Gasteiger partial charge in [-0.15, -0.1) is 0 Å². The molecule has 1 atom stereocenters. The summed E-state index contributed by atoms with van der Waals surface area (Å²) in [5, 5.41) is 8.59. The molecule has 0 aliphatic carbocycles. The molecule has 43 heavy (non-hydrogen) atoms. The molecule has 1 unspecified atom stereocenters. The third-order valence-electron chi connectivity index (χ3n) is 8.10. The Labute approximate surface area is 251 Å². The highest BCUT2D eigenvalue weighted by molar-refractivity contribution is 7.89. The number of sulfonamides is 1. The predicted molar refractivity (Wildman–Crippen MR) is 160 cm³/mol. The fourth-order valence-corrected chi connectivity index (χ4v) is 5.79. The van der Waals surface area contributed by atoms with E-state index >= 15 is 0 Å². The highest BCUT2D eigenvalue weighted by Gasteiger charge is 2.36. The molecule has 0 saturated carbocycles. The van der Waals surface area contributed by atoms with Crippen LogP contribution in [0.4, 0.5) is 4.39 Å². The van der Waals surface area contributed by atoms with Gasteiger partial charge in [0.25, 0.3) is 0 Å². The molecule has 1 aromatic heterocycles. The monoisotopic (exact) mass is 609 g/mol. The summed E-state index contributed by atoms with van der Waals surface area (Å²) in [6, 6.07) is 20.4. The van der Waals surface area contributed by atoms with E-state index in [1.165, 1.54) is 24.3 Å². The molecule has 228 valence electrons. The second-order valence-electron chi connectivity index (χ2n) is 10.8. The van der Waals surface area contributed by atoms with Gasteiger partial charge in [-0.2, -0.15) is 0 Å². The molecule has 0 bridgehead atoms. The Morgan fingerprint density at radius 3 is 2.37 bits per heavy atom. The second kappa shape index (κ2) is 12.6. The molecule has 3 aromatic carbocycles. The lowest BCUT2D eigenvalue weighted by atomic mass is 9.86. The largest absolute Gasteiger partial charge is 0.493 e. The topological polar surface area (TPSA) is 126 Å². The molecule has 9 nitrogen and oxygen atoms in total. The van der Waals surface area contributed by atoms with Gasteiger partial charge in [0, 0.05) is 56.8 Å². The number of rotatable bonds is 11. The van der Waals surface area contributed by atoms with Crippen molar-refractivity contribution in [2.24, 2.45) is 5.14 Å². The summed E-state index contributed by atoms with van der Waals surface area (Å²) in [5.41, 5.74) is 1.39. The Kier molecular flexibility index (Phi) is 9.00. The quantitative estimate of drug-likeness (QED) is 0.233. The van der Waals surface area contributed by atoms with Crippen LogP contribution in [-0.4, -0.2) is 47.4 Å². The SMILES string of the molecule is CNC(C)(CCOc1cc(F)cc(C2(OC)CCOCC2)c1)c1nc(-c2ccc(S(N)(=O)=O)cc2)c(-c2ccccc2)o1. The molecule has 3 N–H and O–H groups in total. The molecular weight excluding hydrogens is 573 g/mol. The number of benzene rings is 3. The van der Waals surface area contributed by atoms with Crippen LogP contribution in [0.25, 0.3) is 22.6 Å². The van der Waals surface area contributed by atoms with Crippen molar-refractivity contribution in [2.45, 2.75) is 42.2 Å². The van der Waals surface area contributed by atoms with E-state index in [2.05, 4.69) is 5.32 Å². The lowest BCUT2D eigenvalue weighted by molar-refractivity contribution is -0.0950. The number of ether oxygens (including phenoxy) is 3. The lowest BCUT2D eigenvalue weighted by Crippen LogP contribution is -2.38. The van der Waals surface area contributed by atoms with E-state index < -0.39 is 27.0 Å². The van der Waals surface area contributed by atoms with Gasteiger partial charge in [-0.05, 0) is 43.8 Å². The smallest absolute Gasteiger partial charge is 0.238 e. The molecule has 11 heteroatoms. The van der Waals surface area contributed by atoms with E-state index in [0.717, 1.165) is 11.1 Å². The van der Waals surface area contributed by atoms with Crippen molar-refractivity contribution in [3.8, 4) is 28.3 Å². The highest BCUT2D eigenvalue weighted by atomic mass is 32.2. The van der Waals surface area contributed by atoms with Crippen LogP contribution in [0.1, 0.15) is 37.6 Å². The average molecular weight is 610 g/mol. The van der Waals surface area contributed by atoms with E-state index in [1.807, 2.05) is 43.3 Å². The number of nitrogens with zero attached hydrogens (tertiary/aromatic N) is 1. The van der Waals surface area contributed by atoms with Crippen LogP contribution >= 0.6 is 0 Å². The van der Waals surface area contributed by atoms with Gasteiger partial charge in [-0.3, -0.25) is 0 Å². The first-order valence-electron chi connectivity index (χ1n) is 14.0. The van der Waals surface area contributed by atoms with Crippen molar-refractivity contribution in [2.75, 3.05) is 34.0 Å². The summed E-state index contributed by atoms with van der Waals surface area (Å²) in [4.78, 5) is 4.88. The van der Waals surface area contributed by atoms with Crippen molar-refractivity contribution < 1.29 is 31.4 Å². The zero-order valence-electron chi connectivity index (χ0n) is 24.4. The van der Waals surface area contributed by atoms with Gasteiger partial charge < -0.3 is 23.9 Å². The maximum Gasteiger partial charge on any atom is 0.238 e. The van der Waals surface area contributed by atoms with Gasteiger partial charge in [-0.1, -0.05) is 42.5 Å². The molecule has 1 saturated heterocycles. The minimum atomic E-state index is -3.84. The van der Waals surface area contributed by atoms with Gasteiger partial charge >= 0.3 is 0 Å². The third-order valence-corrected chi connectivity index (χ3v) is 9.03. The Morgan fingerprint density at radius 1 is 1.05 bits per heavy atom. The van der Waals surface area contributed by atoms with Crippen LogP contribution < -0.4 is 15.2 Å². The molecule has 5 rings (SSSR count). The number of methoxy groups -OCH3 is 1. The van der Waals surface area contributed by atoms with Crippen molar-refractivity contribution in [3.05, 3.63) is 90.1 Å². The molecule has 0 radical (unpaired) electrons. The molecule has 0 spiro atoms. The van der Waals surface area contributed by atoms with E-state index in [4.69, 9.17) is 28.8 Å². The summed E-state index contributed by atoms with van der Waals surface area (Å²) in [7, 11) is -0.397. The van der Waals surface area contributed by atoms with Gasteiger partial charge in [0.2, 0.25) is 15.9 Å². The Balaban J connectivity index is 1.41. The molecule has 1 fully saturated rings. The van der Waals surface area contributed by atoms with Crippen LogP contribution in [-0.2, 0) is 30.6 Å². The van der Waals surface area contributed by atoms with Crippen molar-refractivity contribution in [3.63, 3.8) is 0 Å². The number of hydrogen-bond acceptors (Lipinski definition) is 8. The molecular formula is C32H36FN3O6S. The fraction of sp³-hybridized carbons (Fsp3) is 0.344. The van der Waals surface area contributed by atoms with E-state index in [-0.39, 0.29) is 11.5 Å². The summed E-state index contributed by atoms with van der Waals surface area (Å²) in [5.74, 6) is 0.968. The van der Waals surface area contributed by atoms with E-state index in [9.17, 15) is 12.8 Å². The molecule has 2 heterocycles. The van der Waals surface area contributed by atoms with Crippen molar-refractivity contribution in [1.82, 2.24) is 10.3 Å². The van der Waals surface area contributed by atoms with Crippen LogP contribution in [0.5, 0.6) is 5.75 Å². The maximum atomic E-state index is 14.7. The van der Waals surface area contributed by atoms with Crippen LogP contribution in [0.2, 0.25) is 0 Å². The summed E-state index contributed by atoms with van der Waals surface area (Å²) < 4.78 is 62.1. The fourth-order valence-electron chi connectivity index (χ4n) is 5.27. The number of primary sulfonamides is 1. The second-order valence-corrected chi connectivity index (χ2v) is 12.4. The first kappa shape index (κ1) is 30.8. The minimum Gasteiger partial charge on any atom is -0.493 e. The standard InChI is InChI=1S/C32H36FN3O6S/c1-31(35-2,13-18-41-26-20-24(19-25(33)21-26)32(39-3)14-16-40-17-15-32)30-36-28(29(42-30)23-7-5-4-6-8-23)22-9-11-27(12-10-22)43(34,37)38/h4-12,19-21,35H,13-18H2,1-3H3,(H2,34,37,38). The number of nitrogens with two attached hydrogens (primary N) is 1. The molecule has 1 aliphatic rings. The summed E-state index contributed by atoms with van der Waals surface area (Å²) >= 11 is 0. The average Bonchev–Trinajstić information content (AvgIpc) is 3.47. The minimum absolute atomic E-state index is 0.00666. The maximum absolute atomic E-state index is 14.7. The van der Waals surface area contributed by atoms with Crippen LogP contribution in [0.15, 0.2) is 82.1 Å². The predicted octanol–water partition coefficient (Wildman–Crippen LogP) is 5.35. The van der Waals surface area contributed by atoms with Crippen molar-refractivity contribution in [1.29, 1.82) is 0 Å². The first-order valence-corrected chi connectivity index (χ1v) is 15.6. The number of oxazole rings is 1. The highest BCUT2D eigenvalue weighted by Crippen LogP contribution is 2.39. The number of hydrogen-bond donors (Lipinski definition) is 2. The van der Waals surface area contributed by atoms with Gasteiger partial charge in [-0.25, -0.2) is 22.9 Å². The first-order chi connectivity index (χ1) is 20.6. The number of nitrogens with one attached hydrogen (secondary N) is 1. The third kappa shape index (κ3) is 6.66. The van der Waals surface area contributed by atoms with Gasteiger partial charge in [0.05, 0.1) is 22.6 Å². The van der Waals surface area contributed by atoms with E-state index in [1.54, 1.807) is 26.3 Å². The lowest BCUT2D eigenvalue weighted by Gasteiger charge is -2.36. The number of halogens is 1. The number of aromatic nitrogens is 1. The molecule has 1 aliphatic heterocycles. The molecule has 4 aromatic rings. The van der Waals surface area contributed by atoms with Crippen LogP contribution in [0.3, 0.4) is 0 Å². The van der Waals surface area contributed by atoms with Gasteiger partial charge in [0.15, 0.2) is 5.76 Å². The van der Waals surface area contributed by atoms with Crippen LogP contribution in [0, 0.1) is 5.82 Å². The molecule has 0 amide bonds. The summed E-state index contributed by atoms with van der Waals surface area (Å²) in [6.07, 6.45) is 1.70. The zero-order chi connectivity index (χ0) is 30.7. The normalized spacial score (nSPS) is 16.5. The zero-order valence-corrected chi connectivity index (χ0v) is 25.2. The Bertz CT molecular complexity index is 1650. The van der Waals surface area contributed by atoms with Gasteiger partial charge in [0.1, 0.15) is 17.3 Å². The van der Waals surface area contributed by atoms with Crippen molar-refractivity contribution >= 4 is 10.0 Å². The summed E-state index contributed by atoms with van der Waals surface area (Å²) in [6.45, 7) is 3.27. The van der Waals surface area contributed by atoms with E-state index in [0.29, 0.717) is 61.1 Å². The Morgan fingerprint density at radius 2 is 1.74 bits per heavy atom.